The van der Waals surface area contributed by atoms with Crippen molar-refractivity contribution in [3.8, 4) is 33.8 Å². The van der Waals surface area contributed by atoms with Gasteiger partial charge in [0.25, 0.3) is 0 Å². The summed E-state index contributed by atoms with van der Waals surface area (Å²) >= 11 is 1.66. The number of nitrogens with one attached hydrogen (secondary N) is 3. The number of hydrogen-bond donors (Lipinski definition) is 3. The van der Waals surface area contributed by atoms with Crippen molar-refractivity contribution in [3.05, 3.63) is 66.0 Å². The Balaban J connectivity index is 1.36. The summed E-state index contributed by atoms with van der Waals surface area (Å²) in [6.07, 6.45) is 9.32. The summed E-state index contributed by atoms with van der Waals surface area (Å²) in [4.78, 5) is 29.3. The molecular weight excluding hydrogens is 482 g/mol. The third kappa shape index (κ3) is 4.61. The van der Waals surface area contributed by atoms with E-state index >= 15 is 0 Å². The van der Waals surface area contributed by atoms with Gasteiger partial charge in [0.15, 0.2) is 0 Å². The Morgan fingerprint density at radius 2 is 1.84 bits per heavy atom. The van der Waals surface area contributed by atoms with Gasteiger partial charge >= 0.3 is 0 Å². The van der Waals surface area contributed by atoms with Crippen LogP contribution in [0.2, 0.25) is 0 Å². The zero-order chi connectivity index (χ0) is 25.6. The van der Waals surface area contributed by atoms with Gasteiger partial charge in [-0.2, -0.15) is 16.4 Å². The monoisotopic (exact) mass is 507 g/mol. The molecule has 6 rings (SSSR count). The van der Waals surface area contributed by atoms with E-state index in [-0.39, 0.29) is 11.3 Å². The number of amides is 1. The lowest BCUT2D eigenvalue weighted by molar-refractivity contribution is -0.117. The van der Waals surface area contributed by atoms with Crippen LogP contribution < -0.4 is 5.32 Å². The van der Waals surface area contributed by atoms with Gasteiger partial charge < -0.3 is 10.3 Å². The van der Waals surface area contributed by atoms with E-state index in [4.69, 9.17) is 0 Å². The molecule has 0 atom stereocenters. The topological polar surface area (TPSA) is 112 Å². The van der Waals surface area contributed by atoms with Gasteiger partial charge in [-0.25, -0.2) is 0 Å². The van der Waals surface area contributed by atoms with Gasteiger partial charge in [-0.1, -0.05) is 20.8 Å². The number of aromatic nitrogens is 6. The van der Waals surface area contributed by atoms with E-state index in [1.54, 1.807) is 29.9 Å². The highest BCUT2D eigenvalue weighted by molar-refractivity contribution is 7.08. The van der Waals surface area contributed by atoms with Crippen LogP contribution in [0.1, 0.15) is 27.2 Å². The van der Waals surface area contributed by atoms with Gasteiger partial charge in [0.2, 0.25) is 5.91 Å². The Hall–Kier alpha value is -4.37. The average molecular weight is 508 g/mol. The van der Waals surface area contributed by atoms with Crippen LogP contribution in [0, 0.1) is 5.41 Å². The summed E-state index contributed by atoms with van der Waals surface area (Å²) in [6, 6.07) is 8.11. The first-order valence-corrected chi connectivity index (χ1v) is 12.9. The SMILES string of the molecule is CC(C)(C)CC(=O)Nc1cncc(-c2cc3c(-c4cc5c(-c6ccsc6)cncc5[nH]4)n[nH]c3cn2)c1. The first kappa shape index (κ1) is 23.1. The molecule has 8 nitrogen and oxygen atoms in total. The minimum absolute atomic E-state index is 0.0397. The van der Waals surface area contributed by atoms with Crippen molar-refractivity contribution in [2.45, 2.75) is 27.2 Å². The molecule has 0 saturated heterocycles. The van der Waals surface area contributed by atoms with Gasteiger partial charge in [0, 0.05) is 40.7 Å². The van der Waals surface area contributed by atoms with Crippen LogP contribution in [0.3, 0.4) is 0 Å². The van der Waals surface area contributed by atoms with E-state index < -0.39 is 0 Å². The highest BCUT2D eigenvalue weighted by Crippen LogP contribution is 2.35. The Morgan fingerprint density at radius 1 is 0.973 bits per heavy atom. The molecule has 0 aliphatic carbocycles. The Kier molecular flexibility index (Phi) is 5.57. The number of nitrogens with zero attached hydrogens (tertiary/aromatic N) is 4. The molecule has 184 valence electrons. The van der Waals surface area contributed by atoms with Crippen molar-refractivity contribution in [1.29, 1.82) is 0 Å². The number of aromatic amines is 2. The number of fused-ring (bicyclic) bond motifs is 2. The van der Waals surface area contributed by atoms with E-state index in [1.807, 2.05) is 45.3 Å². The second kappa shape index (κ2) is 8.94. The predicted molar refractivity (Wildman–Crippen MR) is 148 cm³/mol. The summed E-state index contributed by atoms with van der Waals surface area (Å²) < 4.78 is 0. The number of thiophene rings is 1. The predicted octanol–water partition coefficient (Wildman–Crippen LogP) is 6.67. The molecule has 3 N–H and O–H groups in total. The number of anilines is 1. The zero-order valence-corrected chi connectivity index (χ0v) is 21.5. The molecule has 0 spiro atoms. The van der Waals surface area contributed by atoms with Gasteiger partial charge in [0.05, 0.1) is 46.7 Å². The zero-order valence-electron chi connectivity index (χ0n) is 20.7. The molecule has 0 aliphatic heterocycles. The van der Waals surface area contributed by atoms with Crippen molar-refractivity contribution >= 4 is 44.7 Å². The molecule has 9 heteroatoms. The molecule has 6 heterocycles. The number of rotatable bonds is 5. The van der Waals surface area contributed by atoms with Crippen molar-refractivity contribution < 1.29 is 4.79 Å². The molecule has 6 aromatic rings. The first-order valence-electron chi connectivity index (χ1n) is 11.9. The highest BCUT2D eigenvalue weighted by atomic mass is 32.1. The van der Waals surface area contributed by atoms with Gasteiger partial charge in [-0.15, -0.1) is 0 Å². The summed E-state index contributed by atoms with van der Waals surface area (Å²) in [5.74, 6) is -0.0397. The van der Waals surface area contributed by atoms with Crippen LogP contribution >= 0.6 is 11.3 Å². The number of carbonyl (C=O) groups is 1. The first-order chi connectivity index (χ1) is 17.8. The van der Waals surface area contributed by atoms with E-state index in [9.17, 15) is 4.79 Å². The quantitative estimate of drug-likeness (QED) is 0.241. The molecule has 0 unspecified atom stereocenters. The summed E-state index contributed by atoms with van der Waals surface area (Å²) in [6.45, 7) is 6.11. The number of H-pyrrole nitrogens is 2. The Labute approximate surface area is 217 Å². The van der Waals surface area contributed by atoms with Gasteiger partial charge in [-0.05, 0) is 46.0 Å². The van der Waals surface area contributed by atoms with Crippen LogP contribution in [-0.2, 0) is 4.79 Å². The molecule has 0 fully saturated rings. The second-order valence-electron chi connectivity index (χ2n) is 10.3. The molecule has 0 saturated carbocycles. The minimum atomic E-state index is -0.0947. The van der Waals surface area contributed by atoms with E-state index in [0.29, 0.717) is 12.1 Å². The standard InChI is InChI=1S/C28H25N7OS/c1-28(2,3)9-26(36)32-18-6-17(10-29-11-18)22-8-20-25(14-31-22)34-35-27(20)23-7-19-21(16-4-5-37-15-16)12-30-13-24(19)33-23/h4-8,10-15,33H,9H2,1-3H3,(H,32,36)(H,34,35). The third-order valence-corrected chi connectivity index (χ3v) is 6.77. The molecule has 1 amide bonds. The molecule has 37 heavy (non-hydrogen) atoms. The molecule has 6 aromatic heterocycles. The number of pyridine rings is 3. The lowest BCUT2D eigenvalue weighted by atomic mass is 9.92. The van der Waals surface area contributed by atoms with Crippen LogP contribution in [0.5, 0.6) is 0 Å². The molecule has 0 aromatic carbocycles. The fourth-order valence-electron chi connectivity index (χ4n) is 4.44. The second-order valence-corrected chi connectivity index (χ2v) is 11.1. The normalized spacial score (nSPS) is 11.9. The average Bonchev–Trinajstić information content (AvgIpc) is 3.61. The van der Waals surface area contributed by atoms with E-state index in [2.05, 4.69) is 58.3 Å². The van der Waals surface area contributed by atoms with Crippen molar-refractivity contribution in [2.75, 3.05) is 5.32 Å². The van der Waals surface area contributed by atoms with Crippen LogP contribution in [-0.4, -0.2) is 36.0 Å². The summed E-state index contributed by atoms with van der Waals surface area (Å²) in [5, 5.41) is 16.9. The maximum Gasteiger partial charge on any atom is 0.224 e. The summed E-state index contributed by atoms with van der Waals surface area (Å²) in [7, 11) is 0. The minimum Gasteiger partial charge on any atom is -0.352 e. The van der Waals surface area contributed by atoms with E-state index in [1.165, 1.54) is 0 Å². The van der Waals surface area contributed by atoms with Crippen molar-refractivity contribution in [1.82, 2.24) is 30.1 Å². The maximum absolute atomic E-state index is 12.4. The highest BCUT2D eigenvalue weighted by Gasteiger charge is 2.17. The maximum atomic E-state index is 12.4. The lowest BCUT2D eigenvalue weighted by Crippen LogP contribution is -2.19. The van der Waals surface area contributed by atoms with Gasteiger partial charge in [-0.3, -0.25) is 24.8 Å². The molecule has 0 radical (unpaired) electrons. The van der Waals surface area contributed by atoms with Crippen molar-refractivity contribution in [3.63, 3.8) is 0 Å². The van der Waals surface area contributed by atoms with Crippen LogP contribution in [0.25, 0.3) is 55.6 Å². The molecule has 0 aliphatic rings. The molecular formula is C28H25N7OS. The Morgan fingerprint density at radius 3 is 2.65 bits per heavy atom. The largest absolute Gasteiger partial charge is 0.352 e. The van der Waals surface area contributed by atoms with E-state index in [0.717, 1.165) is 55.6 Å². The third-order valence-electron chi connectivity index (χ3n) is 6.09. The Bertz CT molecular complexity index is 1740. The number of hydrogen-bond acceptors (Lipinski definition) is 6. The smallest absolute Gasteiger partial charge is 0.224 e. The lowest BCUT2D eigenvalue weighted by Gasteiger charge is -2.17. The van der Waals surface area contributed by atoms with Crippen LogP contribution in [0.15, 0.2) is 66.0 Å². The fourth-order valence-corrected chi connectivity index (χ4v) is 5.10. The van der Waals surface area contributed by atoms with Crippen LogP contribution in [0.4, 0.5) is 5.69 Å². The van der Waals surface area contributed by atoms with Crippen molar-refractivity contribution in [2.24, 2.45) is 5.41 Å². The fraction of sp³-hybridized carbons (Fsp3) is 0.179. The van der Waals surface area contributed by atoms with Gasteiger partial charge in [0.1, 0.15) is 5.69 Å². The summed E-state index contributed by atoms with van der Waals surface area (Å²) in [5.41, 5.74) is 7.80. The molecule has 0 bridgehead atoms. The number of carbonyl (C=O) groups excluding carboxylic acids is 1.